The van der Waals surface area contributed by atoms with E-state index >= 15 is 0 Å². The summed E-state index contributed by atoms with van der Waals surface area (Å²) in [7, 11) is 0. The van der Waals surface area contributed by atoms with Crippen molar-refractivity contribution < 1.29 is 54.8 Å². The highest BCUT2D eigenvalue weighted by Gasteiger charge is 2.55. The lowest BCUT2D eigenvalue weighted by Crippen LogP contribution is -2.61. The molecule has 2 heterocycles. The number of carbonyl (C=O) groups is 1. The summed E-state index contributed by atoms with van der Waals surface area (Å²) in [4.78, 5) is 11.4. The molecule has 152 valence electrons. The van der Waals surface area contributed by atoms with E-state index in [-0.39, 0.29) is 5.57 Å². The Morgan fingerprint density at radius 3 is 2.44 bits per heavy atom. The van der Waals surface area contributed by atoms with E-state index in [1.807, 2.05) is 0 Å². The van der Waals surface area contributed by atoms with Gasteiger partial charge in [-0.3, -0.25) is 0 Å². The summed E-state index contributed by atoms with van der Waals surface area (Å²) in [6, 6.07) is 0. The molecule has 27 heavy (non-hydrogen) atoms. The summed E-state index contributed by atoms with van der Waals surface area (Å²) in [6.45, 7) is -1.40. The first-order chi connectivity index (χ1) is 12.7. The molecule has 0 aromatic heterocycles. The molecule has 7 N–H and O–H groups in total. The van der Waals surface area contributed by atoms with Crippen molar-refractivity contribution in [2.75, 3.05) is 13.2 Å². The minimum Gasteiger partial charge on any atom is -0.478 e. The van der Waals surface area contributed by atoms with E-state index in [9.17, 15) is 40.5 Å². The van der Waals surface area contributed by atoms with Crippen LogP contribution in [0.15, 0.2) is 24.0 Å². The Balaban J connectivity index is 1.84. The molecular weight excluding hydrogens is 368 g/mol. The van der Waals surface area contributed by atoms with Gasteiger partial charge >= 0.3 is 5.97 Å². The number of fused-ring (bicyclic) bond motifs is 1. The van der Waals surface area contributed by atoms with Crippen LogP contribution >= 0.6 is 0 Å². The number of carboxylic acids is 1. The molecule has 3 rings (SSSR count). The predicted molar refractivity (Wildman–Crippen MR) is 83.6 cm³/mol. The maximum Gasteiger partial charge on any atom is 0.335 e. The van der Waals surface area contributed by atoms with E-state index in [2.05, 4.69) is 0 Å². The molecule has 1 aliphatic carbocycles. The van der Waals surface area contributed by atoms with Crippen molar-refractivity contribution in [1.82, 2.24) is 0 Å². The maximum atomic E-state index is 11.4. The standard InChI is InChI=1S/C16H22O11/c17-3-8-10(19)11(20)12(21)15(26-8)27-14-9-6(1-2-16(9,24)5-18)7(4-25-14)13(22)23/h1-2,4,6,8-12,14-15,17-21,24H,3,5H2,(H,22,23)/t6-,8-,9?,10-,11+,12-,14+,15+,16+/m1/s1. The van der Waals surface area contributed by atoms with E-state index in [1.54, 1.807) is 0 Å². The van der Waals surface area contributed by atoms with E-state index in [1.165, 1.54) is 12.2 Å². The molecule has 1 fully saturated rings. The zero-order chi connectivity index (χ0) is 19.9. The van der Waals surface area contributed by atoms with Crippen LogP contribution in [0.1, 0.15) is 0 Å². The minimum atomic E-state index is -1.85. The Morgan fingerprint density at radius 2 is 1.85 bits per heavy atom. The van der Waals surface area contributed by atoms with Crippen molar-refractivity contribution in [3.8, 4) is 0 Å². The van der Waals surface area contributed by atoms with Gasteiger partial charge in [0.2, 0.25) is 6.29 Å². The second-order valence-corrected chi connectivity index (χ2v) is 6.78. The summed E-state index contributed by atoms with van der Waals surface area (Å²) in [5, 5.41) is 68.4. The molecule has 3 aliphatic rings. The number of aliphatic carboxylic acids is 1. The van der Waals surface area contributed by atoms with Crippen LogP contribution < -0.4 is 0 Å². The van der Waals surface area contributed by atoms with Crippen LogP contribution in [0.5, 0.6) is 0 Å². The summed E-state index contributed by atoms with van der Waals surface area (Å²) in [5.74, 6) is -3.20. The highest BCUT2D eigenvalue weighted by molar-refractivity contribution is 5.87. The van der Waals surface area contributed by atoms with Crippen LogP contribution in [0.3, 0.4) is 0 Å². The van der Waals surface area contributed by atoms with Crippen molar-refractivity contribution >= 4 is 5.97 Å². The summed E-state index contributed by atoms with van der Waals surface area (Å²) in [5.41, 5.74) is -2.01. The topological polar surface area (TPSA) is 186 Å². The van der Waals surface area contributed by atoms with Gasteiger partial charge in [0.05, 0.1) is 31.0 Å². The molecular formula is C16H22O11. The summed E-state index contributed by atoms with van der Waals surface area (Å²) >= 11 is 0. The molecule has 1 saturated heterocycles. The van der Waals surface area contributed by atoms with Gasteiger partial charge in [-0.25, -0.2) is 4.79 Å². The number of ether oxygens (including phenoxy) is 3. The summed E-state index contributed by atoms with van der Waals surface area (Å²) < 4.78 is 16.0. The first-order valence-electron chi connectivity index (χ1n) is 8.31. The lowest BCUT2D eigenvalue weighted by Gasteiger charge is -2.44. The van der Waals surface area contributed by atoms with Gasteiger partial charge in [0.15, 0.2) is 6.29 Å². The third-order valence-corrected chi connectivity index (χ3v) is 5.15. The molecule has 0 saturated carbocycles. The smallest absolute Gasteiger partial charge is 0.335 e. The van der Waals surface area contributed by atoms with Gasteiger partial charge in [-0.15, -0.1) is 0 Å². The zero-order valence-electron chi connectivity index (χ0n) is 14.0. The van der Waals surface area contributed by atoms with Crippen LogP contribution in [0.2, 0.25) is 0 Å². The molecule has 0 amide bonds. The summed E-state index contributed by atoms with van der Waals surface area (Å²) in [6.07, 6.45) is -5.48. The lowest BCUT2D eigenvalue weighted by atomic mass is 9.79. The number of hydrogen-bond acceptors (Lipinski definition) is 10. The van der Waals surface area contributed by atoms with Crippen LogP contribution in [0, 0.1) is 11.8 Å². The van der Waals surface area contributed by atoms with Crippen molar-refractivity contribution in [2.24, 2.45) is 11.8 Å². The van der Waals surface area contributed by atoms with E-state index in [0.29, 0.717) is 0 Å². The molecule has 1 unspecified atom stereocenters. The first kappa shape index (κ1) is 20.2. The Morgan fingerprint density at radius 1 is 1.15 bits per heavy atom. The Kier molecular flexibility index (Phi) is 5.57. The molecule has 11 nitrogen and oxygen atoms in total. The largest absolute Gasteiger partial charge is 0.478 e. The van der Waals surface area contributed by atoms with E-state index in [4.69, 9.17) is 14.2 Å². The molecule has 0 bridgehead atoms. The molecule has 11 heteroatoms. The average molecular weight is 390 g/mol. The fourth-order valence-electron chi connectivity index (χ4n) is 3.60. The average Bonchev–Trinajstić information content (AvgIpc) is 3.01. The third kappa shape index (κ3) is 3.37. The van der Waals surface area contributed by atoms with Gasteiger partial charge in [-0.2, -0.15) is 0 Å². The quantitative estimate of drug-likeness (QED) is 0.233. The van der Waals surface area contributed by atoms with Crippen LogP contribution in [0.4, 0.5) is 0 Å². The van der Waals surface area contributed by atoms with E-state index in [0.717, 1.165) is 6.26 Å². The number of allylic oxidation sites excluding steroid dienone is 1. The molecule has 0 aromatic carbocycles. The molecule has 9 atom stereocenters. The third-order valence-electron chi connectivity index (χ3n) is 5.15. The molecule has 2 aliphatic heterocycles. The predicted octanol–water partition coefficient (Wildman–Crippen LogP) is -3.35. The minimum absolute atomic E-state index is 0.158. The van der Waals surface area contributed by atoms with Gasteiger partial charge in [0.25, 0.3) is 0 Å². The van der Waals surface area contributed by atoms with Gasteiger partial charge in [0.1, 0.15) is 30.0 Å². The number of aliphatic hydroxyl groups excluding tert-OH is 5. The first-order valence-corrected chi connectivity index (χ1v) is 8.31. The van der Waals surface area contributed by atoms with E-state index < -0.39 is 73.6 Å². The van der Waals surface area contributed by atoms with Crippen molar-refractivity contribution in [3.63, 3.8) is 0 Å². The normalized spacial score (nSPS) is 46.5. The molecule has 0 spiro atoms. The number of rotatable bonds is 5. The highest BCUT2D eigenvalue weighted by Crippen LogP contribution is 2.45. The van der Waals surface area contributed by atoms with Gasteiger partial charge in [-0.05, 0) is 0 Å². The number of aliphatic hydroxyl groups is 6. The van der Waals surface area contributed by atoms with Crippen LogP contribution in [-0.2, 0) is 19.0 Å². The van der Waals surface area contributed by atoms with Crippen molar-refractivity contribution in [2.45, 2.75) is 42.6 Å². The Labute approximate surface area is 153 Å². The number of carboxylic acid groups (broad SMARTS) is 1. The van der Waals surface area contributed by atoms with Crippen LogP contribution in [-0.4, -0.2) is 97.5 Å². The fourth-order valence-corrected chi connectivity index (χ4v) is 3.60. The SMILES string of the molecule is O=C(O)C1=CO[C@@H](O[C@@H]2O[C@H](CO)[C@@H](O)[C@H](O)[C@H]2O)C2[C@@H]1C=C[C@]2(O)CO. The zero-order valence-corrected chi connectivity index (χ0v) is 14.0. The van der Waals surface area contributed by atoms with Crippen LogP contribution in [0.25, 0.3) is 0 Å². The molecule has 0 aromatic rings. The van der Waals surface area contributed by atoms with Gasteiger partial charge in [-0.1, -0.05) is 12.2 Å². The van der Waals surface area contributed by atoms with Crippen molar-refractivity contribution in [1.29, 1.82) is 0 Å². The highest BCUT2D eigenvalue weighted by atomic mass is 16.8. The monoisotopic (exact) mass is 390 g/mol. The fraction of sp³-hybridized carbons (Fsp3) is 0.688. The maximum absolute atomic E-state index is 11.4. The molecule has 0 radical (unpaired) electrons. The Hall–Kier alpha value is -1.57. The lowest BCUT2D eigenvalue weighted by molar-refractivity contribution is -0.346. The van der Waals surface area contributed by atoms with Gasteiger partial charge in [0, 0.05) is 5.92 Å². The van der Waals surface area contributed by atoms with Crippen molar-refractivity contribution in [3.05, 3.63) is 24.0 Å². The van der Waals surface area contributed by atoms with Gasteiger partial charge < -0.3 is 50.0 Å². The second kappa shape index (κ2) is 7.45. The Bertz CT molecular complexity index is 632. The number of hydrogen-bond donors (Lipinski definition) is 7. The second-order valence-electron chi connectivity index (χ2n) is 6.78.